The van der Waals surface area contributed by atoms with Crippen LogP contribution in [0.5, 0.6) is 0 Å². The molecule has 1 N–H and O–H groups in total. The first-order valence-corrected chi connectivity index (χ1v) is 4.69. The molecule has 1 atom stereocenters. The molecule has 1 rings (SSSR count). The van der Waals surface area contributed by atoms with E-state index >= 15 is 0 Å². The summed E-state index contributed by atoms with van der Waals surface area (Å²) >= 11 is 3.26. The Balaban J connectivity index is 2.55. The van der Waals surface area contributed by atoms with Gasteiger partial charge in [-0.2, -0.15) is 0 Å². The molecule has 0 fully saturated rings. The zero-order valence-corrected chi connectivity index (χ0v) is 8.87. The normalized spacial score (nSPS) is 11.8. The van der Waals surface area contributed by atoms with Gasteiger partial charge in [-0.15, -0.1) is 12.3 Å². The third-order valence-electron chi connectivity index (χ3n) is 1.42. The molecule has 3 nitrogen and oxygen atoms in total. The van der Waals surface area contributed by atoms with Crippen molar-refractivity contribution < 1.29 is 0 Å². The molecule has 4 heteroatoms. The predicted molar refractivity (Wildman–Crippen MR) is 56.3 cm³/mol. The molecule has 1 unspecified atom stereocenters. The summed E-state index contributed by atoms with van der Waals surface area (Å²) in [5.41, 5.74) is 0. The minimum atomic E-state index is 0.200. The summed E-state index contributed by atoms with van der Waals surface area (Å²) in [6.45, 7) is 1.99. The van der Waals surface area contributed by atoms with Gasteiger partial charge in [-0.3, -0.25) is 0 Å². The molecule has 0 radical (unpaired) electrons. The van der Waals surface area contributed by atoms with Crippen molar-refractivity contribution in [3.63, 3.8) is 0 Å². The molecule has 68 valence electrons. The summed E-state index contributed by atoms with van der Waals surface area (Å²) in [7, 11) is 0. The number of halogens is 1. The first kappa shape index (κ1) is 10.0. The second kappa shape index (κ2) is 4.83. The molecule has 1 heterocycles. The highest BCUT2D eigenvalue weighted by Crippen LogP contribution is 2.07. The number of hydrogen-bond acceptors (Lipinski definition) is 3. The Morgan fingerprint density at radius 3 is 2.77 bits per heavy atom. The quantitative estimate of drug-likeness (QED) is 0.822. The first-order valence-electron chi connectivity index (χ1n) is 3.90. The van der Waals surface area contributed by atoms with Gasteiger partial charge in [-0.25, -0.2) is 9.97 Å². The lowest BCUT2D eigenvalue weighted by Crippen LogP contribution is -2.15. The van der Waals surface area contributed by atoms with Gasteiger partial charge >= 0.3 is 0 Å². The molecule has 0 aromatic carbocycles. The highest BCUT2D eigenvalue weighted by atomic mass is 79.9. The first-order chi connectivity index (χ1) is 6.22. The highest BCUT2D eigenvalue weighted by Gasteiger charge is 2.01. The van der Waals surface area contributed by atoms with Gasteiger partial charge < -0.3 is 5.32 Å². The fraction of sp³-hybridized carbons (Fsp3) is 0.333. The number of rotatable bonds is 3. The molecule has 0 aliphatic rings. The van der Waals surface area contributed by atoms with E-state index in [1.807, 2.05) is 6.92 Å². The maximum atomic E-state index is 5.17. The van der Waals surface area contributed by atoms with E-state index in [0.29, 0.717) is 12.4 Å². The van der Waals surface area contributed by atoms with Gasteiger partial charge in [0.25, 0.3) is 0 Å². The highest BCUT2D eigenvalue weighted by molar-refractivity contribution is 9.10. The summed E-state index contributed by atoms with van der Waals surface area (Å²) < 4.78 is 0.864. The third-order valence-corrected chi connectivity index (χ3v) is 1.83. The maximum Gasteiger partial charge on any atom is 0.222 e. The average molecular weight is 240 g/mol. The number of terminal acetylenes is 1. The van der Waals surface area contributed by atoms with Crippen molar-refractivity contribution >= 4 is 21.9 Å². The standard InChI is InChI=1S/C9H10BrN3/c1-3-4-7(2)13-9-11-5-8(10)6-12-9/h1,5-7H,4H2,2H3,(H,11,12,13). The lowest BCUT2D eigenvalue weighted by Gasteiger charge is -2.09. The lowest BCUT2D eigenvalue weighted by atomic mass is 10.2. The molecular formula is C9H10BrN3. The minimum Gasteiger partial charge on any atom is -0.351 e. The second-order valence-electron chi connectivity index (χ2n) is 2.68. The Morgan fingerprint density at radius 1 is 1.62 bits per heavy atom. The van der Waals surface area contributed by atoms with E-state index in [4.69, 9.17) is 6.42 Å². The van der Waals surface area contributed by atoms with Gasteiger partial charge in [0.1, 0.15) is 0 Å². The number of nitrogens with one attached hydrogen (secondary N) is 1. The van der Waals surface area contributed by atoms with Crippen LogP contribution in [0.1, 0.15) is 13.3 Å². The van der Waals surface area contributed by atoms with Crippen LogP contribution < -0.4 is 5.32 Å². The topological polar surface area (TPSA) is 37.8 Å². The lowest BCUT2D eigenvalue weighted by molar-refractivity contribution is 0.811. The van der Waals surface area contributed by atoms with Gasteiger partial charge in [0.05, 0.1) is 4.47 Å². The monoisotopic (exact) mass is 239 g/mol. The van der Waals surface area contributed by atoms with Crippen molar-refractivity contribution in [3.8, 4) is 12.3 Å². The van der Waals surface area contributed by atoms with E-state index in [1.165, 1.54) is 0 Å². The Morgan fingerprint density at radius 2 is 2.23 bits per heavy atom. The van der Waals surface area contributed by atoms with Crippen molar-refractivity contribution in [2.45, 2.75) is 19.4 Å². The van der Waals surface area contributed by atoms with Crippen LogP contribution in [0, 0.1) is 12.3 Å². The van der Waals surface area contributed by atoms with E-state index in [1.54, 1.807) is 12.4 Å². The second-order valence-corrected chi connectivity index (χ2v) is 3.59. The van der Waals surface area contributed by atoms with Crippen molar-refractivity contribution in [1.82, 2.24) is 9.97 Å². The average Bonchev–Trinajstić information content (AvgIpc) is 2.09. The van der Waals surface area contributed by atoms with Crippen LogP contribution in [0.25, 0.3) is 0 Å². The van der Waals surface area contributed by atoms with Crippen LogP contribution in [-0.2, 0) is 0 Å². The number of hydrogen-bond donors (Lipinski definition) is 1. The van der Waals surface area contributed by atoms with Crippen LogP contribution in [0.15, 0.2) is 16.9 Å². The van der Waals surface area contributed by atoms with Gasteiger partial charge in [-0.1, -0.05) is 0 Å². The summed E-state index contributed by atoms with van der Waals surface area (Å²) in [5, 5.41) is 3.08. The molecule has 0 amide bonds. The molecule has 13 heavy (non-hydrogen) atoms. The number of anilines is 1. The van der Waals surface area contributed by atoms with Crippen LogP contribution in [0.3, 0.4) is 0 Å². The molecule has 0 saturated heterocycles. The molecular weight excluding hydrogens is 230 g/mol. The van der Waals surface area contributed by atoms with Crippen LogP contribution in [0.2, 0.25) is 0 Å². The SMILES string of the molecule is C#CCC(C)Nc1ncc(Br)cn1. The van der Waals surface area contributed by atoms with E-state index in [2.05, 4.69) is 37.1 Å². The molecule has 1 aromatic heterocycles. The molecule has 0 saturated carbocycles. The molecule has 0 spiro atoms. The van der Waals surface area contributed by atoms with Gasteiger partial charge in [0.2, 0.25) is 5.95 Å². The van der Waals surface area contributed by atoms with Gasteiger partial charge in [0.15, 0.2) is 0 Å². The number of nitrogens with zero attached hydrogens (tertiary/aromatic N) is 2. The zero-order valence-electron chi connectivity index (χ0n) is 7.29. The Kier molecular flexibility index (Phi) is 3.71. The summed E-state index contributed by atoms with van der Waals surface area (Å²) in [4.78, 5) is 8.13. The predicted octanol–water partition coefficient (Wildman–Crippen LogP) is 2.06. The Hall–Kier alpha value is -1.08. The smallest absolute Gasteiger partial charge is 0.222 e. The maximum absolute atomic E-state index is 5.17. The molecule has 0 aliphatic carbocycles. The zero-order chi connectivity index (χ0) is 9.68. The van der Waals surface area contributed by atoms with Gasteiger partial charge in [0, 0.05) is 24.9 Å². The van der Waals surface area contributed by atoms with Crippen LogP contribution in [-0.4, -0.2) is 16.0 Å². The van der Waals surface area contributed by atoms with Crippen LogP contribution >= 0.6 is 15.9 Å². The summed E-state index contributed by atoms with van der Waals surface area (Å²) in [6.07, 6.45) is 9.22. The van der Waals surface area contributed by atoms with Crippen molar-refractivity contribution in [1.29, 1.82) is 0 Å². The largest absolute Gasteiger partial charge is 0.351 e. The van der Waals surface area contributed by atoms with Crippen LogP contribution in [0.4, 0.5) is 5.95 Å². The number of aromatic nitrogens is 2. The van der Waals surface area contributed by atoms with Crippen molar-refractivity contribution in [2.75, 3.05) is 5.32 Å². The molecule has 1 aromatic rings. The van der Waals surface area contributed by atoms with Crippen molar-refractivity contribution in [2.24, 2.45) is 0 Å². The molecule has 0 bridgehead atoms. The summed E-state index contributed by atoms with van der Waals surface area (Å²) in [6, 6.07) is 0.200. The van der Waals surface area contributed by atoms with E-state index in [9.17, 15) is 0 Å². The Bertz CT molecular complexity index is 302. The third kappa shape index (κ3) is 3.43. The van der Waals surface area contributed by atoms with E-state index in [-0.39, 0.29) is 6.04 Å². The fourth-order valence-corrected chi connectivity index (χ4v) is 1.04. The minimum absolute atomic E-state index is 0.200. The van der Waals surface area contributed by atoms with E-state index < -0.39 is 0 Å². The van der Waals surface area contributed by atoms with Gasteiger partial charge in [-0.05, 0) is 22.9 Å². The molecule has 0 aliphatic heterocycles. The Labute approximate surface area is 86.1 Å². The van der Waals surface area contributed by atoms with Crippen molar-refractivity contribution in [3.05, 3.63) is 16.9 Å². The van der Waals surface area contributed by atoms with E-state index in [0.717, 1.165) is 4.47 Å². The fourth-order valence-electron chi connectivity index (χ4n) is 0.835. The summed E-state index contributed by atoms with van der Waals surface area (Å²) in [5.74, 6) is 3.17.